The van der Waals surface area contributed by atoms with Crippen LogP contribution >= 0.6 is 11.6 Å². The number of ether oxygens (including phenoxy) is 1. The normalized spacial score (nSPS) is 20.4. The molecular weight excluding hydrogens is 228 g/mol. The first-order valence-electron chi connectivity index (χ1n) is 5.26. The van der Waals surface area contributed by atoms with E-state index in [-0.39, 0.29) is 11.8 Å². The van der Waals surface area contributed by atoms with Crippen molar-refractivity contribution in [2.75, 3.05) is 18.5 Å². The Morgan fingerprint density at radius 2 is 2.50 bits per heavy atom. The number of rotatable bonds is 2. The lowest BCUT2D eigenvalue weighted by Crippen LogP contribution is -2.30. The summed E-state index contributed by atoms with van der Waals surface area (Å²) >= 11 is 5.73. The molecule has 0 aliphatic carbocycles. The van der Waals surface area contributed by atoms with Crippen LogP contribution in [0.3, 0.4) is 0 Å². The maximum atomic E-state index is 11.8. The van der Waals surface area contributed by atoms with Crippen LogP contribution in [0.4, 0.5) is 5.69 Å². The standard InChI is InChI=1S/C11H13ClN2O2/c12-10-6-9(3-4-13-10)14-11(15)8-2-1-5-16-7-8/h3-4,6,8H,1-2,5,7H2,(H,13,14,15)/t8-/m1/s1. The van der Waals surface area contributed by atoms with Crippen LogP contribution < -0.4 is 5.32 Å². The summed E-state index contributed by atoms with van der Waals surface area (Å²) in [6.07, 6.45) is 3.38. The lowest BCUT2D eigenvalue weighted by molar-refractivity contribution is -0.123. The molecule has 0 radical (unpaired) electrons. The highest BCUT2D eigenvalue weighted by molar-refractivity contribution is 6.29. The molecule has 1 aliphatic rings. The zero-order chi connectivity index (χ0) is 11.4. The third kappa shape index (κ3) is 2.93. The van der Waals surface area contributed by atoms with Gasteiger partial charge in [-0.3, -0.25) is 4.79 Å². The number of hydrogen-bond acceptors (Lipinski definition) is 3. The van der Waals surface area contributed by atoms with Crippen LogP contribution in [0.15, 0.2) is 18.3 Å². The fraction of sp³-hybridized carbons (Fsp3) is 0.455. The maximum Gasteiger partial charge on any atom is 0.229 e. The van der Waals surface area contributed by atoms with Crippen molar-refractivity contribution in [2.45, 2.75) is 12.8 Å². The van der Waals surface area contributed by atoms with Gasteiger partial charge in [-0.2, -0.15) is 0 Å². The molecular formula is C11H13ClN2O2. The van der Waals surface area contributed by atoms with E-state index in [0.717, 1.165) is 19.4 Å². The molecule has 2 heterocycles. The molecule has 5 heteroatoms. The predicted molar refractivity (Wildman–Crippen MR) is 61.4 cm³/mol. The number of carbonyl (C=O) groups excluding carboxylic acids is 1. The van der Waals surface area contributed by atoms with E-state index in [9.17, 15) is 4.79 Å². The summed E-state index contributed by atoms with van der Waals surface area (Å²) in [6, 6.07) is 3.34. The molecule has 1 amide bonds. The third-order valence-electron chi connectivity index (χ3n) is 2.53. The Morgan fingerprint density at radius 3 is 3.19 bits per heavy atom. The molecule has 1 aromatic rings. The largest absolute Gasteiger partial charge is 0.381 e. The van der Waals surface area contributed by atoms with Crippen LogP contribution in [0.1, 0.15) is 12.8 Å². The Hall–Kier alpha value is -1.13. The number of amides is 1. The van der Waals surface area contributed by atoms with Gasteiger partial charge in [0.2, 0.25) is 5.91 Å². The summed E-state index contributed by atoms with van der Waals surface area (Å²) in [5.74, 6) is -0.0670. The molecule has 1 fully saturated rings. The van der Waals surface area contributed by atoms with Crippen LogP contribution in [-0.2, 0) is 9.53 Å². The summed E-state index contributed by atoms with van der Waals surface area (Å²) in [7, 11) is 0. The molecule has 0 saturated carbocycles. The van der Waals surface area contributed by atoms with Crippen molar-refractivity contribution < 1.29 is 9.53 Å². The molecule has 1 aliphatic heterocycles. The summed E-state index contributed by atoms with van der Waals surface area (Å²) in [5.41, 5.74) is 0.676. The Morgan fingerprint density at radius 1 is 1.62 bits per heavy atom. The van der Waals surface area contributed by atoms with E-state index in [1.165, 1.54) is 0 Å². The van der Waals surface area contributed by atoms with Gasteiger partial charge in [-0.05, 0) is 25.0 Å². The molecule has 1 N–H and O–H groups in total. The van der Waals surface area contributed by atoms with Crippen molar-refractivity contribution in [3.05, 3.63) is 23.5 Å². The van der Waals surface area contributed by atoms with Crippen molar-refractivity contribution in [3.63, 3.8) is 0 Å². The zero-order valence-corrected chi connectivity index (χ0v) is 9.54. The van der Waals surface area contributed by atoms with Gasteiger partial charge in [0.1, 0.15) is 5.15 Å². The predicted octanol–water partition coefficient (Wildman–Crippen LogP) is 2.10. The van der Waals surface area contributed by atoms with Crippen molar-refractivity contribution in [1.82, 2.24) is 4.98 Å². The summed E-state index contributed by atoms with van der Waals surface area (Å²) in [6.45, 7) is 1.26. The van der Waals surface area contributed by atoms with Crippen molar-refractivity contribution in [2.24, 2.45) is 5.92 Å². The number of aromatic nitrogens is 1. The second kappa shape index (κ2) is 5.27. The monoisotopic (exact) mass is 240 g/mol. The van der Waals surface area contributed by atoms with Gasteiger partial charge in [0.05, 0.1) is 12.5 Å². The summed E-state index contributed by atoms with van der Waals surface area (Å²) in [5, 5.41) is 3.18. The van der Waals surface area contributed by atoms with Crippen molar-refractivity contribution in [1.29, 1.82) is 0 Å². The molecule has 2 rings (SSSR count). The fourth-order valence-electron chi connectivity index (χ4n) is 1.67. The van der Waals surface area contributed by atoms with Crippen molar-refractivity contribution in [3.8, 4) is 0 Å². The highest BCUT2D eigenvalue weighted by atomic mass is 35.5. The first-order chi connectivity index (χ1) is 7.75. The third-order valence-corrected chi connectivity index (χ3v) is 2.73. The van der Waals surface area contributed by atoms with Gasteiger partial charge in [0, 0.05) is 18.5 Å². The first kappa shape index (κ1) is 11.4. The van der Waals surface area contributed by atoms with E-state index in [4.69, 9.17) is 16.3 Å². The molecule has 1 saturated heterocycles. The molecule has 0 bridgehead atoms. The molecule has 0 aromatic carbocycles. The molecule has 1 atom stereocenters. The van der Waals surface area contributed by atoms with Gasteiger partial charge < -0.3 is 10.1 Å². The first-order valence-corrected chi connectivity index (χ1v) is 5.63. The van der Waals surface area contributed by atoms with Crippen LogP contribution in [0, 0.1) is 5.92 Å². The number of carbonyl (C=O) groups is 1. The second-order valence-corrected chi connectivity index (χ2v) is 4.16. The van der Waals surface area contributed by atoms with Gasteiger partial charge in [-0.15, -0.1) is 0 Å². The Labute approximate surface area is 99.0 Å². The second-order valence-electron chi connectivity index (χ2n) is 3.77. The minimum absolute atomic E-state index is 0.0121. The molecule has 86 valence electrons. The SMILES string of the molecule is O=C(Nc1ccnc(Cl)c1)[C@@H]1CCCOC1. The summed E-state index contributed by atoms with van der Waals surface area (Å²) in [4.78, 5) is 15.7. The fourth-order valence-corrected chi connectivity index (χ4v) is 1.85. The van der Waals surface area contributed by atoms with Crippen LogP contribution in [0.5, 0.6) is 0 Å². The average Bonchev–Trinajstić information content (AvgIpc) is 2.30. The lowest BCUT2D eigenvalue weighted by atomic mass is 10.0. The lowest BCUT2D eigenvalue weighted by Gasteiger charge is -2.21. The Balaban J connectivity index is 1.96. The molecule has 1 aromatic heterocycles. The average molecular weight is 241 g/mol. The van der Waals surface area contributed by atoms with Gasteiger partial charge in [0.25, 0.3) is 0 Å². The van der Waals surface area contributed by atoms with Crippen LogP contribution in [-0.4, -0.2) is 24.1 Å². The highest BCUT2D eigenvalue weighted by Crippen LogP contribution is 2.17. The number of anilines is 1. The van der Waals surface area contributed by atoms with Gasteiger partial charge in [0.15, 0.2) is 0 Å². The van der Waals surface area contributed by atoms with E-state index in [1.54, 1.807) is 18.3 Å². The Kier molecular flexibility index (Phi) is 3.74. The number of nitrogens with zero attached hydrogens (tertiary/aromatic N) is 1. The van der Waals surface area contributed by atoms with Gasteiger partial charge in [-0.25, -0.2) is 4.98 Å². The van der Waals surface area contributed by atoms with E-state index in [0.29, 0.717) is 17.4 Å². The number of pyridine rings is 1. The highest BCUT2D eigenvalue weighted by Gasteiger charge is 2.21. The number of halogens is 1. The van der Waals surface area contributed by atoms with E-state index >= 15 is 0 Å². The number of nitrogens with one attached hydrogen (secondary N) is 1. The van der Waals surface area contributed by atoms with E-state index in [2.05, 4.69) is 10.3 Å². The molecule has 0 spiro atoms. The van der Waals surface area contributed by atoms with E-state index in [1.807, 2.05) is 0 Å². The van der Waals surface area contributed by atoms with Gasteiger partial charge >= 0.3 is 0 Å². The minimum Gasteiger partial charge on any atom is -0.381 e. The van der Waals surface area contributed by atoms with Crippen LogP contribution in [0.25, 0.3) is 0 Å². The molecule has 4 nitrogen and oxygen atoms in total. The van der Waals surface area contributed by atoms with Crippen LogP contribution in [0.2, 0.25) is 5.15 Å². The molecule has 16 heavy (non-hydrogen) atoms. The zero-order valence-electron chi connectivity index (χ0n) is 8.78. The van der Waals surface area contributed by atoms with E-state index < -0.39 is 0 Å². The summed E-state index contributed by atoms with van der Waals surface area (Å²) < 4.78 is 5.27. The minimum atomic E-state index is -0.0549. The van der Waals surface area contributed by atoms with Crippen molar-refractivity contribution >= 4 is 23.2 Å². The topological polar surface area (TPSA) is 51.2 Å². The Bertz CT molecular complexity index is 378. The number of hydrogen-bond donors (Lipinski definition) is 1. The van der Waals surface area contributed by atoms with Gasteiger partial charge in [-0.1, -0.05) is 11.6 Å². The quantitative estimate of drug-likeness (QED) is 0.806. The molecule has 0 unspecified atom stereocenters. The maximum absolute atomic E-state index is 11.8. The smallest absolute Gasteiger partial charge is 0.229 e.